The zero-order valence-electron chi connectivity index (χ0n) is 30.6. The molecule has 2 aromatic heterocycles. The third-order valence-electron chi connectivity index (χ3n) is 9.61. The molecule has 6 heterocycles. The minimum Gasteiger partial charge on any atom is -0.481 e. The molecule has 4 aliphatic heterocycles. The number of aromatic nitrogens is 2. The van der Waals surface area contributed by atoms with Crippen molar-refractivity contribution in [3.8, 4) is 24.3 Å². The topological polar surface area (TPSA) is 205 Å². The van der Waals surface area contributed by atoms with E-state index in [2.05, 4.69) is 34.3 Å². The Hall–Kier alpha value is -5.76. The molecular formula is C38H28N10O4S4. The maximum Gasteiger partial charge on any atom is 0.284 e. The van der Waals surface area contributed by atoms with Crippen LogP contribution in [0.15, 0.2) is 67.0 Å². The second-order valence-corrected chi connectivity index (χ2v) is 17.8. The van der Waals surface area contributed by atoms with Crippen molar-refractivity contribution < 1.29 is 19.1 Å². The normalized spacial score (nSPS) is 23.8. The van der Waals surface area contributed by atoms with E-state index in [1.165, 1.54) is 32.5 Å². The summed E-state index contributed by atoms with van der Waals surface area (Å²) in [6.45, 7) is 11.8. The number of rotatable bonds is 4. The first-order chi connectivity index (χ1) is 26.7. The predicted molar refractivity (Wildman–Crippen MR) is 212 cm³/mol. The fraction of sp³-hybridized carbons (Fsp3) is 0.316. The molecule has 2 saturated heterocycles. The number of nitriles is 4. The van der Waals surface area contributed by atoms with Gasteiger partial charge in [-0.25, -0.2) is 20.0 Å². The maximum atomic E-state index is 13.2. The number of thioether (sulfide) groups is 2. The van der Waals surface area contributed by atoms with E-state index in [9.17, 15) is 30.6 Å². The van der Waals surface area contributed by atoms with E-state index >= 15 is 0 Å². The zero-order chi connectivity index (χ0) is 39.8. The Kier molecular flexibility index (Phi) is 8.94. The summed E-state index contributed by atoms with van der Waals surface area (Å²) in [5, 5.41) is 39.3. The number of aliphatic imine (C=N–C) groups is 2. The van der Waals surface area contributed by atoms with Crippen molar-refractivity contribution in [3.63, 3.8) is 0 Å². The highest BCUT2D eigenvalue weighted by Crippen LogP contribution is 2.55. The molecular weight excluding hydrogens is 789 g/mol. The van der Waals surface area contributed by atoms with E-state index < -0.39 is 11.2 Å². The van der Waals surface area contributed by atoms with Crippen LogP contribution in [0.5, 0.6) is 0 Å². The van der Waals surface area contributed by atoms with Crippen LogP contribution in [-0.2, 0) is 30.3 Å². The Morgan fingerprint density at radius 1 is 0.696 bits per heavy atom. The molecule has 56 heavy (non-hydrogen) atoms. The number of hydrogen-bond donors (Lipinski definition) is 0. The van der Waals surface area contributed by atoms with Crippen molar-refractivity contribution in [1.29, 1.82) is 21.0 Å². The number of amides is 2. The van der Waals surface area contributed by atoms with Crippen LogP contribution in [0, 0.1) is 57.2 Å². The fourth-order valence-corrected chi connectivity index (χ4v) is 11.4. The number of hydrogen-bond acceptors (Lipinski definition) is 16. The lowest BCUT2D eigenvalue weighted by molar-refractivity contribution is -0.121. The average Bonchev–Trinajstić information content (AvgIpc) is 3.93. The Morgan fingerprint density at radius 3 is 1.41 bits per heavy atom. The monoisotopic (exact) mass is 816 g/mol. The highest BCUT2D eigenvalue weighted by molar-refractivity contribution is 8.20. The maximum absolute atomic E-state index is 13.2. The van der Waals surface area contributed by atoms with E-state index in [0.717, 1.165) is 44.4 Å². The molecule has 0 spiro atoms. The van der Waals surface area contributed by atoms with Crippen molar-refractivity contribution in [1.82, 2.24) is 19.8 Å². The van der Waals surface area contributed by atoms with Gasteiger partial charge in [0.05, 0.1) is 9.75 Å². The summed E-state index contributed by atoms with van der Waals surface area (Å²) >= 11 is 4.69. The molecule has 0 bridgehead atoms. The van der Waals surface area contributed by atoms with E-state index in [-0.39, 0.29) is 68.0 Å². The van der Waals surface area contributed by atoms with Crippen LogP contribution in [0.4, 0.5) is 10.3 Å². The number of thiazole rings is 2. The van der Waals surface area contributed by atoms with Gasteiger partial charge in [0.25, 0.3) is 11.8 Å². The van der Waals surface area contributed by atoms with Crippen LogP contribution in [0.25, 0.3) is 11.1 Å². The summed E-state index contributed by atoms with van der Waals surface area (Å²) in [6.07, 6.45) is 8.48. The van der Waals surface area contributed by atoms with Gasteiger partial charge in [-0.1, -0.05) is 34.8 Å². The predicted octanol–water partition coefficient (Wildman–Crippen LogP) is 7.39. The van der Waals surface area contributed by atoms with Gasteiger partial charge in [0.15, 0.2) is 21.2 Å². The minimum absolute atomic E-state index is 0.0904. The molecule has 2 aromatic rings. The molecule has 2 amide bonds. The molecule has 18 heteroatoms. The van der Waals surface area contributed by atoms with Crippen LogP contribution in [0.1, 0.15) is 62.7 Å². The second-order valence-electron chi connectivity index (χ2n) is 13.9. The van der Waals surface area contributed by atoms with Gasteiger partial charge in [-0.05, 0) is 77.2 Å². The lowest BCUT2D eigenvalue weighted by Gasteiger charge is -2.39. The first-order valence-electron chi connectivity index (χ1n) is 17.3. The van der Waals surface area contributed by atoms with Crippen molar-refractivity contribution >= 4 is 89.5 Å². The molecule has 0 N–H and O–H groups in total. The average molecular weight is 817 g/mol. The molecule has 0 saturated carbocycles. The third-order valence-corrected chi connectivity index (χ3v) is 13.7. The SMILES string of the molecule is CCN1C(=O)C(=Nc2nc3c(s2)C2=CC4C=C5OC(C)(C)c6nc(N=C7SC(=C(C#N)C#N)N(CC)C7=O)sc6C5=CC4C=C2OC3(C)C)SC1=C(C#N)C#N. The van der Waals surface area contributed by atoms with Crippen molar-refractivity contribution in [2.24, 2.45) is 21.8 Å². The van der Waals surface area contributed by atoms with Gasteiger partial charge in [0, 0.05) is 36.1 Å². The Balaban J connectivity index is 1.13. The summed E-state index contributed by atoms with van der Waals surface area (Å²) in [6, 6.07) is 7.48. The summed E-state index contributed by atoms with van der Waals surface area (Å²) < 4.78 is 13.2. The number of carbonyl (C=O) groups is 2. The fourth-order valence-electron chi connectivity index (χ4n) is 7.01. The number of nitrogens with zero attached hydrogens (tertiary/aromatic N) is 10. The molecule has 2 aliphatic carbocycles. The summed E-state index contributed by atoms with van der Waals surface area (Å²) in [4.78, 5) is 49.9. The highest BCUT2D eigenvalue weighted by atomic mass is 32.2. The quantitative estimate of drug-likeness (QED) is 0.277. The summed E-state index contributed by atoms with van der Waals surface area (Å²) in [7, 11) is 0. The molecule has 14 nitrogen and oxygen atoms in total. The lowest BCUT2D eigenvalue weighted by Crippen LogP contribution is -2.32. The van der Waals surface area contributed by atoms with Crippen LogP contribution < -0.4 is 0 Å². The minimum atomic E-state index is -0.818. The molecule has 278 valence electrons. The third kappa shape index (κ3) is 5.80. The molecule has 0 aromatic carbocycles. The van der Waals surface area contributed by atoms with Crippen LogP contribution >= 0.6 is 46.2 Å². The standard InChI is InChI=1S/C38H28N10O4S4/c1-7-47-31(49)29(55-33(47)19(13-39)14-40)45-35-43-27-25(53-35)21-9-17-12-24-22(10-18(17)11-23(21)51-37(27,3)4)26-28(38(5,6)52-24)44-36(54-26)46-30-32(50)48(8-2)34(56-30)20(15-41)16-42/h9-12,17-18H,7-8H2,1-6H3. The molecule has 0 radical (unpaired) electrons. The molecule has 6 aliphatic rings. The van der Waals surface area contributed by atoms with Gasteiger partial charge in [-0.2, -0.15) is 21.0 Å². The smallest absolute Gasteiger partial charge is 0.284 e. The lowest BCUT2D eigenvalue weighted by atomic mass is 9.77. The number of fused-ring (bicyclic) bond motifs is 7. The first-order valence-corrected chi connectivity index (χ1v) is 20.6. The first kappa shape index (κ1) is 37.2. The van der Waals surface area contributed by atoms with Crippen molar-refractivity contribution in [3.05, 3.63) is 78.2 Å². The molecule has 2 fully saturated rings. The van der Waals surface area contributed by atoms with Crippen molar-refractivity contribution in [2.75, 3.05) is 13.1 Å². The Labute approximate surface area is 337 Å². The number of allylic oxidation sites excluding steroid dienone is 8. The number of carbonyl (C=O) groups excluding carboxylic acids is 2. The second kappa shape index (κ2) is 13.5. The van der Waals surface area contributed by atoms with Crippen LogP contribution in [-0.4, -0.2) is 54.8 Å². The molecule has 2 atom stereocenters. The largest absolute Gasteiger partial charge is 0.481 e. The van der Waals surface area contributed by atoms with Gasteiger partial charge < -0.3 is 9.47 Å². The zero-order valence-corrected chi connectivity index (χ0v) is 33.9. The van der Waals surface area contributed by atoms with Crippen molar-refractivity contribution in [2.45, 2.75) is 52.7 Å². The van der Waals surface area contributed by atoms with Gasteiger partial charge >= 0.3 is 0 Å². The Bertz CT molecular complexity index is 2430. The van der Waals surface area contributed by atoms with Crippen LogP contribution in [0.2, 0.25) is 0 Å². The van der Waals surface area contributed by atoms with Gasteiger partial charge in [-0.3, -0.25) is 19.4 Å². The van der Waals surface area contributed by atoms with Gasteiger partial charge in [0.1, 0.15) is 68.4 Å². The van der Waals surface area contributed by atoms with Gasteiger partial charge in [0.2, 0.25) is 10.3 Å². The van der Waals surface area contributed by atoms with E-state index in [1.807, 2.05) is 52.0 Å². The Morgan fingerprint density at radius 2 is 1.07 bits per heavy atom. The van der Waals surface area contributed by atoms with E-state index in [1.54, 1.807) is 13.8 Å². The summed E-state index contributed by atoms with van der Waals surface area (Å²) in [5.74, 6) is 0.441. The molecule has 8 rings (SSSR count). The highest BCUT2D eigenvalue weighted by Gasteiger charge is 2.45. The van der Waals surface area contributed by atoms with Crippen LogP contribution in [0.3, 0.4) is 0 Å². The van der Waals surface area contributed by atoms with E-state index in [0.29, 0.717) is 33.2 Å². The van der Waals surface area contributed by atoms with Gasteiger partial charge in [-0.15, -0.1) is 0 Å². The van der Waals surface area contributed by atoms with E-state index in [4.69, 9.17) is 19.4 Å². The molecule has 2 unspecified atom stereocenters. The summed E-state index contributed by atoms with van der Waals surface area (Å²) in [5.41, 5.74) is 1.19. The number of ether oxygens (including phenoxy) is 2.